The third-order valence-electron chi connectivity index (χ3n) is 5.03. The highest BCUT2D eigenvalue weighted by molar-refractivity contribution is 6.31. The van der Waals surface area contributed by atoms with Crippen LogP contribution in [0, 0.1) is 0 Å². The lowest BCUT2D eigenvalue weighted by atomic mass is 10.2. The number of carbonyl (C=O) groups is 1. The molecule has 1 saturated heterocycles. The van der Waals surface area contributed by atoms with Gasteiger partial charge in [0.05, 0.1) is 0 Å². The molecule has 1 aromatic heterocycles. The highest BCUT2D eigenvalue weighted by Gasteiger charge is 2.24. The summed E-state index contributed by atoms with van der Waals surface area (Å²) in [5.41, 5.74) is 1.53. The van der Waals surface area contributed by atoms with Gasteiger partial charge in [-0.2, -0.15) is 5.10 Å². The highest BCUT2D eigenvalue weighted by atomic mass is 35.5. The van der Waals surface area contributed by atoms with Crippen LogP contribution in [0.4, 0.5) is 0 Å². The molecule has 2 heterocycles. The number of hydrogen-bond acceptors (Lipinski definition) is 4. The van der Waals surface area contributed by atoms with Crippen LogP contribution in [-0.4, -0.2) is 51.7 Å². The van der Waals surface area contributed by atoms with Crippen molar-refractivity contribution in [1.82, 2.24) is 19.6 Å². The van der Waals surface area contributed by atoms with E-state index >= 15 is 0 Å². The molecular formula is C22H22Cl2N4O2. The van der Waals surface area contributed by atoms with E-state index in [1.165, 1.54) is 0 Å². The number of nitrogens with zero attached hydrogens (tertiary/aromatic N) is 4. The molecule has 156 valence electrons. The Morgan fingerprint density at radius 1 is 1.00 bits per heavy atom. The first kappa shape index (κ1) is 20.7. The van der Waals surface area contributed by atoms with E-state index in [2.05, 4.69) is 10.00 Å². The van der Waals surface area contributed by atoms with Gasteiger partial charge in [0.25, 0.3) is 5.91 Å². The molecule has 30 heavy (non-hydrogen) atoms. The molecule has 0 radical (unpaired) electrons. The van der Waals surface area contributed by atoms with Gasteiger partial charge in [-0.25, -0.2) is 4.68 Å². The highest BCUT2D eigenvalue weighted by Crippen LogP contribution is 2.19. The van der Waals surface area contributed by atoms with Crippen molar-refractivity contribution in [3.63, 3.8) is 0 Å². The second-order valence-corrected chi connectivity index (χ2v) is 7.97. The third-order valence-corrected chi connectivity index (χ3v) is 5.63. The summed E-state index contributed by atoms with van der Waals surface area (Å²) in [4.78, 5) is 17.0. The lowest BCUT2D eigenvalue weighted by Gasteiger charge is -2.34. The van der Waals surface area contributed by atoms with Crippen LogP contribution >= 0.6 is 23.2 Å². The van der Waals surface area contributed by atoms with Crippen molar-refractivity contribution in [1.29, 1.82) is 0 Å². The molecule has 0 bridgehead atoms. The number of rotatable bonds is 6. The molecule has 8 heteroatoms. The molecule has 2 aromatic carbocycles. The van der Waals surface area contributed by atoms with E-state index in [1.807, 2.05) is 41.3 Å². The lowest BCUT2D eigenvalue weighted by Crippen LogP contribution is -2.48. The van der Waals surface area contributed by atoms with Crippen molar-refractivity contribution in [2.45, 2.75) is 13.3 Å². The van der Waals surface area contributed by atoms with Crippen molar-refractivity contribution in [3.8, 4) is 5.75 Å². The molecule has 0 saturated carbocycles. The number of benzene rings is 2. The molecular weight excluding hydrogens is 423 g/mol. The lowest BCUT2D eigenvalue weighted by molar-refractivity contribution is 0.0621. The van der Waals surface area contributed by atoms with Gasteiger partial charge < -0.3 is 9.64 Å². The Bertz CT molecular complexity index is 1020. The fourth-order valence-electron chi connectivity index (χ4n) is 3.38. The molecule has 0 unspecified atom stereocenters. The van der Waals surface area contributed by atoms with E-state index in [1.54, 1.807) is 29.1 Å². The Morgan fingerprint density at radius 3 is 2.57 bits per heavy atom. The number of halogens is 2. The summed E-state index contributed by atoms with van der Waals surface area (Å²) < 4.78 is 7.26. The number of amides is 1. The standard InChI is InChI=1S/C22H22Cl2N4O2/c23-18-5-3-6-19(14-18)30-16-28-9-8-21(25-28)22(29)27-12-10-26(11-13-27)15-17-4-1-2-7-20(17)24/h1-9,14H,10-13,15-16H2. The van der Waals surface area contributed by atoms with Gasteiger partial charge in [0, 0.05) is 49.0 Å². The van der Waals surface area contributed by atoms with Crippen LogP contribution < -0.4 is 4.74 Å². The Hall–Kier alpha value is -2.54. The average molecular weight is 445 g/mol. The first-order chi connectivity index (χ1) is 14.6. The number of ether oxygens (including phenoxy) is 1. The fourth-order valence-corrected chi connectivity index (χ4v) is 3.76. The SMILES string of the molecule is O=C(c1ccn(COc2cccc(Cl)c2)n1)N1CCN(Cc2ccccc2Cl)CC1. The minimum Gasteiger partial charge on any atom is -0.471 e. The zero-order valence-corrected chi connectivity index (χ0v) is 17.9. The summed E-state index contributed by atoms with van der Waals surface area (Å²) >= 11 is 12.2. The van der Waals surface area contributed by atoms with Gasteiger partial charge in [0.2, 0.25) is 0 Å². The molecule has 1 fully saturated rings. The fraction of sp³-hybridized carbons (Fsp3) is 0.273. The number of piperazine rings is 1. The second kappa shape index (κ2) is 9.51. The number of aromatic nitrogens is 2. The molecule has 0 N–H and O–H groups in total. The predicted octanol–water partition coefficient (Wildman–Crippen LogP) is 4.18. The maximum absolute atomic E-state index is 12.8. The first-order valence-corrected chi connectivity index (χ1v) is 10.5. The molecule has 3 aromatic rings. The van der Waals surface area contributed by atoms with Crippen LogP contribution in [0.5, 0.6) is 5.75 Å². The van der Waals surface area contributed by atoms with E-state index in [-0.39, 0.29) is 12.6 Å². The average Bonchev–Trinajstić information content (AvgIpc) is 3.23. The molecule has 4 rings (SSSR count). The smallest absolute Gasteiger partial charge is 0.274 e. The molecule has 0 atom stereocenters. The third kappa shape index (κ3) is 5.14. The quantitative estimate of drug-likeness (QED) is 0.571. The van der Waals surface area contributed by atoms with Crippen LogP contribution in [0.1, 0.15) is 16.1 Å². The van der Waals surface area contributed by atoms with Gasteiger partial charge in [0.15, 0.2) is 12.4 Å². The van der Waals surface area contributed by atoms with Crippen molar-refractivity contribution in [2.75, 3.05) is 26.2 Å². The van der Waals surface area contributed by atoms with Gasteiger partial charge in [-0.3, -0.25) is 9.69 Å². The van der Waals surface area contributed by atoms with E-state index in [9.17, 15) is 4.79 Å². The van der Waals surface area contributed by atoms with Gasteiger partial charge in [-0.1, -0.05) is 47.5 Å². The van der Waals surface area contributed by atoms with Crippen LogP contribution in [0.25, 0.3) is 0 Å². The Balaban J connectivity index is 1.29. The summed E-state index contributed by atoms with van der Waals surface area (Å²) in [6.07, 6.45) is 1.74. The predicted molar refractivity (Wildman–Crippen MR) is 117 cm³/mol. The summed E-state index contributed by atoms with van der Waals surface area (Å²) in [6.45, 7) is 3.92. The Labute approximate surface area is 185 Å². The van der Waals surface area contributed by atoms with Crippen molar-refractivity contribution in [3.05, 3.63) is 82.1 Å². The monoisotopic (exact) mass is 444 g/mol. The summed E-state index contributed by atoms with van der Waals surface area (Å²) in [7, 11) is 0. The van der Waals surface area contributed by atoms with Crippen LogP contribution in [0.3, 0.4) is 0 Å². The minimum absolute atomic E-state index is 0.0612. The zero-order chi connectivity index (χ0) is 20.9. The van der Waals surface area contributed by atoms with Crippen LogP contribution in [0.2, 0.25) is 10.0 Å². The Kier molecular flexibility index (Phi) is 6.57. The van der Waals surface area contributed by atoms with Gasteiger partial charge in [0.1, 0.15) is 5.75 Å². The van der Waals surface area contributed by atoms with Crippen LogP contribution in [-0.2, 0) is 13.3 Å². The molecule has 1 aliphatic rings. The maximum Gasteiger partial charge on any atom is 0.274 e. The largest absolute Gasteiger partial charge is 0.471 e. The second-order valence-electron chi connectivity index (χ2n) is 7.13. The minimum atomic E-state index is -0.0612. The zero-order valence-electron chi connectivity index (χ0n) is 16.4. The van der Waals surface area contributed by atoms with Gasteiger partial charge >= 0.3 is 0 Å². The van der Waals surface area contributed by atoms with Crippen molar-refractivity contribution < 1.29 is 9.53 Å². The summed E-state index contributed by atoms with van der Waals surface area (Å²) in [5, 5.41) is 5.75. The van der Waals surface area contributed by atoms with Gasteiger partial charge in [-0.15, -0.1) is 0 Å². The summed E-state index contributed by atoms with van der Waals surface area (Å²) in [5.74, 6) is 0.592. The van der Waals surface area contributed by atoms with E-state index in [4.69, 9.17) is 27.9 Å². The first-order valence-electron chi connectivity index (χ1n) is 9.75. The number of carbonyl (C=O) groups excluding carboxylic acids is 1. The van der Waals surface area contributed by atoms with Crippen molar-refractivity contribution >= 4 is 29.1 Å². The normalized spacial score (nSPS) is 14.7. The molecule has 6 nitrogen and oxygen atoms in total. The number of hydrogen-bond donors (Lipinski definition) is 0. The van der Waals surface area contributed by atoms with Crippen molar-refractivity contribution in [2.24, 2.45) is 0 Å². The molecule has 0 spiro atoms. The van der Waals surface area contributed by atoms with E-state index in [0.29, 0.717) is 29.6 Å². The van der Waals surface area contributed by atoms with E-state index < -0.39 is 0 Å². The van der Waals surface area contributed by atoms with Crippen LogP contribution in [0.15, 0.2) is 60.8 Å². The van der Waals surface area contributed by atoms with Gasteiger partial charge in [-0.05, 0) is 35.9 Å². The topological polar surface area (TPSA) is 50.6 Å². The van der Waals surface area contributed by atoms with E-state index in [0.717, 1.165) is 30.2 Å². The summed E-state index contributed by atoms with van der Waals surface area (Å²) in [6, 6.07) is 16.8. The Morgan fingerprint density at radius 2 is 1.80 bits per heavy atom. The molecule has 1 aliphatic heterocycles. The maximum atomic E-state index is 12.8. The molecule has 1 amide bonds. The molecule has 0 aliphatic carbocycles.